The summed E-state index contributed by atoms with van der Waals surface area (Å²) >= 11 is 0. The molecule has 2 bridgehead atoms. The second-order valence-corrected chi connectivity index (χ2v) is 10.6. The molecular weight excluding hydrogens is 393 g/mol. The van der Waals surface area contributed by atoms with E-state index in [1.165, 1.54) is 12.1 Å². The van der Waals surface area contributed by atoms with Gasteiger partial charge in [-0.25, -0.2) is 17.5 Å². The summed E-state index contributed by atoms with van der Waals surface area (Å²) in [5.41, 5.74) is 0.208. The van der Waals surface area contributed by atoms with Crippen LogP contribution < -0.4 is 4.72 Å². The van der Waals surface area contributed by atoms with Crippen LogP contribution in [-0.4, -0.2) is 25.5 Å². The fourth-order valence-corrected chi connectivity index (χ4v) is 6.33. The normalized spacial score (nSPS) is 28.2. The summed E-state index contributed by atoms with van der Waals surface area (Å²) in [6, 6.07) is 4.76. The van der Waals surface area contributed by atoms with E-state index in [4.69, 9.17) is 5.11 Å². The first-order valence-corrected chi connectivity index (χ1v) is 11.7. The minimum Gasteiger partial charge on any atom is -0.481 e. The van der Waals surface area contributed by atoms with Gasteiger partial charge in [0, 0.05) is 12.5 Å². The van der Waals surface area contributed by atoms with Crippen LogP contribution in [-0.2, 0) is 14.8 Å². The fraction of sp³-hybridized carbons (Fsp3) is 0.591. The van der Waals surface area contributed by atoms with E-state index in [1.54, 1.807) is 0 Å². The van der Waals surface area contributed by atoms with Gasteiger partial charge in [-0.1, -0.05) is 26.0 Å². The van der Waals surface area contributed by atoms with E-state index in [0.717, 1.165) is 31.4 Å². The molecule has 160 valence electrons. The number of carbonyl (C=O) groups is 1. The van der Waals surface area contributed by atoms with Crippen LogP contribution in [0.3, 0.4) is 0 Å². The molecule has 4 atom stereocenters. The van der Waals surface area contributed by atoms with Crippen molar-refractivity contribution in [1.29, 1.82) is 0 Å². The van der Waals surface area contributed by atoms with Crippen molar-refractivity contribution in [3.8, 4) is 0 Å². The average molecular weight is 424 g/mol. The molecule has 5 nitrogen and oxygen atoms in total. The number of allylic oxidation sites excluding steroid dienone is 2. The monoisotopic (exact) mass is 423 g/mol. The number of hydrogen-bond donors (Lipinski definition) is 2. The molecule has 7 heteroatoms. The van der Waals surface area contributed by atoms with Crippen LogP contribution in [0.2, 0.25) is 0 Å². The lowest BCUT2D eigenvalue weighted by molar-refractivity contribution is -0.137. The number of nitrogens with one attached hydrogen (secondary N) is 1. The van der Waals surface area contributed by atoms with Gasteiger partial charge in [0.05, 0.1) is 4.90 Å². The van der Waals surface area contributed by atoms with Gasteiger partial charge in [-0.05, 0) is 79.5 Å². The highest BCUT2D eigenvalue weighted by molar-refractivity contribution is 7.89. The van der Waals surface area contributed by atoms with Gasteiger partial charge >= 0.3 is 5.97 Å². The van der Waals surface area contributed by atoms with Crippen molar-refractivity contribution in [1.82, 2.24) is 4.72 Å². The summed E-state index contributed by atoms with van der Waals surface area (Å²) in [4.78, 5) is 10.7. The zero-order chi connectivity index (χ0) is 21.2. The van der Waals surface area contributed by atoms with E-state index in [1.807, 2.05) is 6.08 Å². The molecule has 0 amide bonds. The van der Waals surface area contributed by atoms with E-state index < -0.39 is 21.8 Å². The standard InChI is InChI=1S/C22H30FNO4S/c1-22(2)15-13-19(22)18(7-5-3-4-6-8-21(25)26)20(14-15)24-29(27,28)17-11-9-16(23)10-12-17/h3,5,9-12,15,18-20,24H,4,6-8,13-14H2,1-2H3,(H,25,26)/t15-,18+,19+,20+/m1/s1. The molecule has 0 saturated heterocycles. The molecule has 0 aromatic heterocycles. The molecule has 3 fully saturated rings. The molecule has 29 heavy (non-hydrogen) atoms. The summed E-state index contributed by atoms with van der Waals surface area (Å²) < 4.78 is 41.7. The van der Waals surface area contributed by atoms with Crippen molar-refractivity contribution >= 4 is 16.0 Å². The van der Waals surface area contributed by atoms with Crippen LogP contribution in [0.25, 0.3) is 0 Å². The summed E-state index contributed by atoms with van der Waals surface area (Å²) in [6.07, 6.45) is 8.25. The number of aliphatic carboxylic acids is 1. The van der Waals surface area contributed by atoms with Crippen molar-refractivity contribution < 1.29 is 22.7 Å². The molecule has 3 aliphatic carbocycles. The Hall–Kier alpha value is -1.73. The molecule has 2 N–H and O–H groups in total. The van der Waals surface area contributed by atoms with Gasteiger partial charge in [0.2, 0.25) is 10.0 Å². The van der Waals surface area contributed by atoms with Gasteiger partial charge in [-0.2, -0.15) is 0 Å². The topological polar surface area (TPSA) is 83.5 Å². The predicted molar refractivity (Wildman–Crippen MR) is 109 cm³/mol. The van der Waals surface area contributed by atoms with E-state index in [2.05, 4.69) is 24.6 Å². The van der Waals surface area contributed by atoms with Gasteiger partial charge in [0.25, 0.3) is 0 Å². The second kappa shape index (κ2) is 8.56. The molecule has 0 spiro atoms. The second-order valence-electron chi connectivity index (χ2n) is 8.93. The first-order chi connectivity index (χ1) is 13.6. The molecule has 3 saturated carbocycles. The van der Waals surface area contributed by atoms with E-state index in [0.29, 0.717) is 24.7 Å². The van der Waals surface area contributed by atoms with Crippen molar-refractivity contribution in [3.05, 3.63) is 42.2 Å². The SMILES string of the molecule is CC1(C)[C@H]2C[C@H](NS(=O)(=O)c3ccc(F)cc3)[C@@H](CC=CCCCC(=O)O)[C@@H]1C2. The summed E-state index contributed by atoms with van der Waals surface area (Å²) in [5.74, 6) is -0.102. The molecular formula is C22H30FNO4S. The minimum atomic E-state index is -3.70. The Morgan fingerprint density at radius 2 is 1.93 bits per heavy atom. The highest BCUT2D eigenvalue weighted by atomic mass is 32.2. The van der Waals surface area contributed by atoms with Crippen LogP contribution in [0.1, 0.15) is 52.4 Å². The zero-order valence-corrected chi connectivity index (χ0v) is 17.8. The van der Waals surface area contributed by atoms with Crippen LogP contribution in [0, 0.1) is 29.0 Å². The Morgan fingerprint density at radius 1 is 1.24 bits per heavy atom. The Morgan fingerprint density at radius 3 is 2.55 bits per heavy atom. The lowest BCUT2D eigenvalue weighted by atomic mass is 9.44. The quantitative estimate of drug-likeness (QED) is 0.457. The third-order valence-corrected chi connectivity index (χ3v) is 8.39. The predicted octanol–water partition coefficient (Wildman–Crippen LogP) is 4.36. The Kier molecular flexibility index (Phi) is 6.48. The summed E-state index contributed by atoms with van der Waals surface area (Å²) in [7, 11) is -3.70. The highest BCUT2D eigenvalue weighted by Gasteiger charge is 2.57. The van der Waals surface area contributed by atoms with Gasteiger partial charge in [0.1, 0.15) is 5.82 Å². The molecule has 4 rings (SSSR count). The Bertz CT molecular complexity index is 863. The molecule has 1 aromatic carbocycles. The summed E-state index contributed by atoms with van der Waals surface area (Å²) in [6.45, 7) is 4.53. The average Bonchev–Trinajstić information content (AvgIpc) is 2.64. The number of halogens is 1. The maximum absolute atomic E-state index is 13.2. The summed E-state index contributed by atoms with van der Waals surface area (Å²) in [5, 5.41) is 8.71. The van der Waals surface area contributed by atoms with Crippen molar-refractivity contribution in [2.75, 3.05) is 0 Å². The lowest BCUT2D eigenvalue weighted by Gasteiger charge is -2.62. The fourth-order valence-electron chi connectivity index (χ4n) is 5.03. The van der Waals surface area contributed by atoms with Crippen LogP contribution in [0.5, 0.6) is 0 Å². The van der Waals surface area contributed by atoms with Crippen LogP contribution in [0.15, 0.2) is 41.3 Å². The van der Waals surface area contributed by atoms with E-state index in [-0.39, 0.29) is 28.7 Å². The lowest BCUT2D eigenvalue weighted by Crippen LogP contribution is -2.61. The zero-order valence-electron chi connectivity index (χ0n) is 17.0. The number of unbranched alkanes of at least 4 members (excludes halogenated alkanes) is 1. The maximum atomic E-state index is 13.2. The number of hydrogen-bond acceptors (Lipinski definition) is 3. The largest absolute Gasteiger partial charge is 0.481 e. The number of sulfonamides is 1. The molecule has 0 aliphatic heterocycles. The smallest absolute Gasteiger partial charge is 0.303 e. The van der Waals surface area contributed by atoms with Gasteiger partial charge in [-0.15, -0.1) is 0 Å². The number of benzene rings is 1. The van der Waals surface area contributed by atoms with Crippen LogP contribution >= 0.6 is 0 Å². The van der Waals surface area contributed by atoms with Crippen molar-refractivity contribution in [3.63, 3.8) is 0 Å². The Balaban J connectivity index is 1.68. The highest BCUT2D eigenvalue weighted by Crippen LogP contribution is 2.62. The third kappa shape index (κ3) is 4.89. The number of rotatable bonds is 9. The molecule has 0 radical (unpaired) electrons. The van der Waals surface area contributed by atoms with Crippen molar-refractivity contribution in [2.24, 2.45) is 23.2 Å². The minimum absolute atomic E-state index is 0.0837. The van der Waals surface area contributed by atoms with Gasteiger partial charge in [-0.3, -0.25) is 4.79 Å². The molecule has 1 aromatic rings. The first-order valence-electron chi connectivity index (χ1n) is 10.3. The molecule has 0 heterocycles. The Labute approximate surface area is 172 Å². The number of carboxylic acid groups (broad SMARTS) is 1. The molecule has 3 aliphatic rings. The number of carboxylic acids is 1. The van der Waals surface area contributed by atoms with Crippen molar-refractivity contribution in [2.45, 2.75) is 63.3 Å². The van der Waals surface area contributed by atoms with E-state index >= 15 is 0 Å². The molecule has 0 unspecified atom stereocenters. The first kappa shape index (κ1) is 22.0. The number of fused-ring (bicyclic) bond motifs is 2. The maximum Gasteiger partial charge on any atom is 0.303 e. The van der Waals surface area contributed by atoms with Gasteiger partial charge in [0.15, 0.2) is 0 Å². The van der Waals surface area contributed by atoms with E-state index in [9.17, 15) is 17.6 Å². The van der Waals surface area contributed by atoms with Crippen LogP contribution in [0.4, 0.5) is 4.39 Å². The third-order valence-electron chi connectivity index (χ3n) is 6.89. The van der Waals surface area contributed by atoms with Gasteiger partial charge < -0.3 is 5.11 Å².